The van der Waals surface area contributed by atoms with Crippen LogP contribution in [-0.2, 0) is 11.4 Å². The number of hydrogen-bond acceptors (Lipinski definition) is 5. The molecular formula is C25H20BrNO4S. The first-order valence-electron chi connectivity index (χ1n) is 9.85. The van der Waals surface area contributed by atoms with Crippen LogP contribution in [0.4, 0.5) is 10.5 Å². The minimum Gasteiger partial charge on any atom is -0.493 e. The predicted octanol–water partition coefficient (Wildman–Crippen LogP) is 6.59. The molecule has 1 fully saturated rings. The van der Waals surface area contributed by atoms with E-state index in [0.29, 0.717) is 33.2 Å². The number of imide groups is 1. The molecule has 1 aliphatic heterocycles. The fraction of sp³-hybridized carbons (Fsp3) is 0.120. The third kappa shape index (κ3) is 4.74. The number of amides is 2. The molecule has 0 N–H and O–H groups in total. The van der Waals surface area contributed by atoms with E-state index >= 15 is 0 Å². The summed E-state index contributed by atoms with van der Waals surface area (Å²) in [6.45, 7) is 2.43. The van der Waals surface area contributed by atoms with Gasteiger partial charge in [-0.15, -0.1) is 0 Å². The lowest BCUT2D eigenvalue weighted by molar-refractivity contribution is -0.113. The standard InChI is InChI=1S/C25H20BrNO4S/c1-16-8-10-17(11-9-16)15-31-23-20(26)12-18(13-21(23)30-2)14-22-24(28)27(25(29)32-22)19-6-4-3-5-7-19/h3-14H,15H2,1-2H3/b22-14-. The van der Waals surface area contributed by atoms with Gasteiger partial charge in [-0.05, 0) is 76.1 Å². The number of ether oxygens (including phenoxy) is 2. The van der Waals surface area contributed by atoms with Crippen LogP contribution in [0.25, 0.3) is 6.08 Å². The van der Waals surface area contributed by atoms with Crippen LogP contribution in [0.3, 0.4) is 0 Å². The van der Waals surface area contributed by atoms with Gasteiger partial charge in [0, 0.05) is 0 Å². The number of nitrogens with zero attached hydrogens (tertiary/aromatic N) is 1. The van der Waals surface area contributed by atoms with Gasteiger partial charge in [-0.25, -0.2) is 4.90 Å². The average Bonchev–Trinajstić information content (AvgIpc) is 3.07. The molecule has 7 heteroatoms. The van der Waals surface area contributed by atoms with E-state index in [1.807, 2.05) is 43.3 Å². The van der Waals surface area contributed by atoms with E-state index in [4.69, 9.17) is 9.47 Å². The molecule has 0 spiro atoms. The Hall–Kier alpha value is -3.03. The lowest BCUT2D eigenvalue weighted by Crippen LogP contribution is -2.27. The molecule has 2 amide bonds. The van der Waals surface area contributed by atoms with Crippen molar-refractivity contribution in [1.29, 1.82) is 0 Å². The van der Waals surface area contributed by atoms with Gasteiger partial charge in [-0.1, -0.05) is 48.0 Å². The van der Waals surface area contributed by atoms with Crippen molar-refractivity contribution >= 4 is 50.6 Å². The van der Waals surface area contributed by atoms with Gasteiger partial charge in [0.25, 0.3) is 11.1 Å². The summed E-state index contributed by atoms with van der Waals surface area (Å²) in [5.41, 5.74) is 3.50. The molecule has 1 aliphatic rings. The van der Waals surface area contributed by atoms with Crippen LogP contribution in [0.15, 0.2) is 76.1 Å². The van der Waals surface area contributed by atoms with E-state index in [0.717, 1.165) is 22.9 Å². The molecule has 4 rings (SSSR count). The van der Waals surface area contributed by atoms with Gasteiger partial charge < -0.3 is 9.47 Å². The Kier molecular flexibility index (Phi) is 6.67. The maximum atomic E-state index is 12.9. The van der Waals surface area contributed by atoms with E-state index < -0.39 is 0 Å². The number of para-hydroxylation sites is 1. The number of anilines is 1. The quantitative estimate of drug-likeness (QED) is 0.351. The van der Waals surface area contributed by atoms with Gasteiger partial charge in [-0.2, -0.15) is 0 Å². The normalized spacial score (nSPS) is 14.8. The SMILES string of the molecule is COc1cc(/C=C2\SC(=O)N(c3ccccc3)C2=O)cc(Br)c1OCc1ccc(C)cc1. The Bertz CT molecular complexity index is 1190. The van der Waals surface area contributed by atoms with Gasteiger partial charge in [0.05, 0.1) is 22.2 Å². The summed E-state index contributed by atoms with van der Waals surface area (Å²) >= 11 is 4.46. The number of benzene rings is 3. The zero-order valence-corrected chi connectivity index (χ0v) is 19.9. The minimum atomic E-state index is -0.346. The first-order chi connectivity index (χ1) is 15.5. The highest BCUT2D eigenvalue weighted by atomic mass is 79.9. The van der Waals surface area contributed by atoms with Crippen molar-refractivity contribution in [3.63, 3.8) is 0 Å². The lowest BCUT2D eigenvalue weighted by atomic mass is 10.1. The Morgan fingerprint density at radius 2 is 1.75 bits per heavy atom. The number of aryl methyl sites for hydroxylation is 1. The number of carbonyl (C=O) groups is 2. The van der Waals surface area contributed by atoms with Crippen LogP contribution in [0.2, 0.25) is 0 Å². The van der Waals surface area contributed by atoms with E-state index in [2.05, 4.69) is 15.9 Å². The van der Waals surface area contributed by atoms with Crippen LogP contribution in [-0.4, -0.2) is 18.3 Å². The molecule has 162 valence electrons. The molecular weight excluding hydrogens is 490 g/mol. The fourth-order valence-electron chi connectivity index (χ4n) is 3.22. The molecule has 5 nitrogen and oxygen atoms in total. The minimum absolute atomic E-state index is 0.323. The van der Waals surface area contributed by atoms with Crippen LogP contribution in [0.1, 0.15) is 16.7 Å². The molecule has 3 aromatic rings. The van der Waals surface area contributed by atoms with Crippen molar-refractivity contribution in [2.75, 3.05) is 12.0 Å². The van der Waals surface area contributed by atoms with Crippen molar-refractivity contribution in [3.05, 3.63) is 92.8 Å². The molecule has 0 aromatic heterocycles. The summed E-state index contributed by atoms with van der Waals surface area (Å²) in [6.07, 6.45) is 1.69. The van der Waals surface area contributed by atoms with E-state index in [1.54, 1.807) is 43.5 Å². The second-order valence-corrected chi connectivity index (χ2v) is 9.01. The first-order valence-corrected chi connectivity index (χ1v) is 11.5. The highest BCUT2D eigenvalue weighted by Gasteiger charge is 2.36. The van der Waals surface area contributed by atoms with Gasteiger partial charge in [0.15, 0.2) is 11.5 Å². The first kappa shape index (κ1) is 22.2. The molecule has 0 aliphatic carbocycles. The average molecular weight is 510 g/mol. The summed E-state index contributed by atoms with van der Waals surface area (Å²) in [6, 6.07) is 20.6. The molecule has 0 unspecified atom stereocenters. The summed E-state index contributed by atoms with van der Waals surface area (Å²) < 4.78 is 12.2. The zero-order chi connectivity index (χ0) is 22.7. The van der Waals surface area contributed by atoms with Gasteiger partial charge in [0.2, 0.25) is 0 Å². The second kappa shape index (κ2) is 9.63. The van der Waals surface area contributed by atoms with E-state index in [9.17, 15) is 9.59 Å². The van der Waals surface area contributed by atoms with E-state index in [1.165, 1.54) is 10.5 Å². The van der Waals surface area contributed by atoms with Gasteiger partial charge in [0.1, 0.15) is 6.61 Å². The number of carbonyl (C=O) groups excluding carboxylic acids is 2. The van der Waals surface area contributed by atoms with Gasteiger partial charge >= 0.3 is 0 Å². The maximum Gasteiger partial charge on any atom is 0.298 e. The Balaban J connectivity index is 1.57. The van der Waals surface area contributed by atoms with Crippen molar-refractivity contribution in [1.82, 2.24) is 0 Å². The molecule has 3 aromatic carbocycles. The molecule has 0 saturated carbocycles. The Morgan fingerprint density at radius 3 is 2.44 bits per heavy atom. The molecule has 0 bridgehead atoms. The molecule has 0 radical (unpaired) electrons. The number of thioether (sulfide) groups is 1. The summed E-state index contributed by atoms with van der Waals surface area (Å²) in [4.78, 5) is 26.8. The van der Waals surface area contributed by atoms with Crippen LogP contribution in [0.5, 0.6) is 11.5 Å². The second-order valence-electron chi connectivity index (χ2n) is 7.16. The lowest BCUT2D eigenvalue weighted by Gasteiger charge is -2.14. The van der Waals surface area contributed by atoms with Crippen LogP contribution >= 0.6 is 27.7 Å². The highest BCUT2D eigenvalue weighted by molar-refractivity contribution is 9.10. The summed E-state index contributed by atoms with van der Waals surface area (Å²) in [7, 11) is 1.56. The predicted molar refractivity (Wildman–Crippen MR) is 131 cm³/mol. The fourth-order valence-corrected chi connectivity index (χ4v) is 4.64. The van der Waals surface area contributed by atoms with Crippen LogP contribution < -0.4 is 14.4 Å². The molecule has 32 heavy (non-hydrogen) atoms. The Morgan fingerprint density at radius 1 is 1.03 bits per heavy atom. The third-order valence-electron chi connectivity index (χ3n) is 4.86. The van der Waals surface area contributed by atoms with Crippen LogP contribution in [0, 0.1) is 6.92 Å². The zero-order valence-electron chi connectivity index (χ0n) is 17.5. The van der Waals surface area contributed by atoms with Crippen molar-refractivity contribution in [2.45, 2.75) is 13.5 Å². The number of methoxy groups -OCH3 is 1. The number of rotatable bonds is 6. The molecule has 0 atom stereocenters. The maximum absolute atomic E-state index is 12.9. The third-order valence-corrected chi connectivity index (χ3v) is 6.32. The van der Waals surface area contributed by atoms with Gasteiger partial charge in [-0.3, -0.25) is 9.59 Å². The Labute approximate surface area is 199 Å². The molecule has 1 saturated heterocycles. The smallest absolute Gasteiger partial charge is 0.298 e. The van der Waals surface area contributed by atoms with Crippen molar-refractivity contribution in [3.8, 4) is 11.5 Å². The molecule has 1 heterocycles. The highest BCUT2D eigenvalue weighted by Crippen LogP contribution is 2.40. The van der Waals surface area contributed by atoms with Crippen molar-refractivity contribution in [2.24, 2.45) is 0 Å². The largest absolute Gasteiger partial charge is 0.493 e. The number of hydrogen-bond donors (Lipinski definition) is 0. The summed E-state index contributed by atoms with van der Waals surface area (Å²) in [5, 5.41) is -0.323. The number of halogens is 1. The van der Waals surface area contributed by atoms with Crippen molar-refractivity contribution < 1.29 is 19.1 Å². The topological polar surface area (TPSA) is 55.8 Å². The monoisotopic (exact) mass is 509 g/mol. The summed E-state index contributed by atoms with van der Waals surface area (Å²) in [5.74, 6) is 0.753. The van der Waals surface area contributed by atoms with E-state index in [-0.39, 0.29) is 11.1 Å².